The molecule has 0 bridgehead atoms. The Labute approximate surface area is 142 Å². The maximum atomic E-state index is 4.53. The minimum Gasteiger partial charge on any atom is -0.353 e. The van der Waals surface area contributed by atoms with E-state index in [2.05, 4.69) is 44.9 Å². The zero-order valence-corrected chi connectivity index (χ0v) is 13.4. The number of aromatic nitrogens is 8. The van der Waals surface area contributed by atoms with Crippen LogP contribution >= 0.6 is 0 Å². The van der Waals surface area contributed by atoms with Crippen LogP contribution in [0.5, 0.6) is 0 Å². The fraction of sp³-hybridized carbons (Fsp3) is 0.333. The standard InChI is InChI=1S/C15H16N10/c1-3-23(13-11-12(18-8-17-11)19-9-20-13)6-7-24(4-1)14-15-22-21-10-25(15)5-2-16-14/h2,5,8-10H,1,3-4,6-7H2,(H,17,18,19,20). The summed E-state index contributed by atoms with van der Waals surface area (Å²) in [4.78, 5) is 25.1. The van der Waals surface area contributed by atoms with Crippen molar-refractivity contribution in [3.63, 3.8) is 0 Å². The molecule has 0 aromatic carbocycles. The number of nitrogens with one attached hydrogen (secondary N) is 1. The number of anilines is 2. The van der Waals surface area contributed by atoms with Crippen LogP contribution in [0.2, 0.25) is 0 Å². The Morgan fingerprint density at radius 3 is 2.72 bits per heavy atom. The Balaban J connectivity index is 1.44. The number of nitrogens with zero attached hydrogens (tertiary/aromatic N) is 9. The molecule has 0 saturated carbocycles. The van der Waals surface area contributed by atoms with Crippen LogP contribution in [0.15, 0.2) is 31.4 Å². The van der Waals surface area contributed by atoms with Crippen molar-refractivity contribution in [2.75, 3.05) is 36.0 Å². The maximum Gasteiger partial charge on any atom is 0.203 e. The van der Waals surface area contributed by atoms with E-state index >= 15 is 0 Å². The van der Waals surface area contributed by atoms with Gasteiger partial charge in [0.05, 0.1) is 6.33 Å². The molecule has 0 atom stereocenters. The molecule has 5 rings (SSSR count). The van der Waals surface area contributed by atoms with Crippen LogP contribution < -0.4 is 9.80 Å². The molecule has 1 saturated heterocycles. The van der Waals surface area contributed by atoms with Gasteiger partial charge in [0.25, 0.3) is 0 Å². The monoisotopic (exact) mass is 336 g/mol. The number of rotatable bonds is 2. The van der Waals surface area contributed by atoms with Gasteiger partial charge in [0.15, 0.2) is 17.3 Å². The highest BCUT2D eigenvalue weighted by Crippen LogP contribution is 2.23. The summed E-state index contributed by atoms with van der Waals surface area (Å²) >= 11 is 0. The first-order chi connectivity index (χ1) is 12.4. The normalized spacial score (nSPS) is 15.8. The van der Waals surface area contributed by atoms with Crippen LogP contribution in [0.1, 0.15) is 6.42 Å². The molecule has 0 spiro atoms. The topological polar surface area (TPSA) is 104 Å². The fourth-order valence-electron chi connectivity index (χ4n) is 3.30. The van der Waals surface area contributed by atoms with Crippen LogP contribution in [0.25, 0.3) is 16.8 Å². The first-order valence-corrected chi connectivity index (χ1v) is 8.18. The van der Waals surface area contributed by atoms with Gasteiger partial charge in [-0.3, -0.25) is 4.40 Å². The molecule has 1 N–H and O–H groups in total. The van der Waals surface area contributed by atoms with Crippen LogP contribution in [0, 0.1) is 0 Å². The SMILES string of the molecule is c1cn2cnnc2c(N2CCCN(c3ncnc4nc[nH]c34)CC2)n1. The summed E-state index contributed by atoms with van der Waals surface area (Å²) < 4.78 is 1.89. The summed E-state index contributed by atoms with van der Waals surface area (Å²) in [5, 5.41) is 8.18. The highest BCUT2D eigenvalue weighted by atomic mass is 15.3. The van der Waals surface area contributed by atoms with Gasteiger partial charge in [0.2, 0.25) is 5.65 Å². The van der Waals surface area contributed by atoms with Crippen LogP contribution in [0.3, 0.4) is 0 Å². The highest BCUT2D eigenvalue weighted by molar-refractivity contribution is 5.82. The Bertz CT molecular complexity index is 939. The second-order valence-electron chi connectivity index (χ2n) is 5.94. The number of aromatic amines is 1. The minimum absolute atomic E-state index is 0.695. The number of H-pyrrole nitrogens is 1. The van der Waals surface area contributed by atoms with E-state index in [0.717, 1.165) is 55.4 Å². The first-order valence-electron chi connectivity index (χ1n) is 8.18. The molecule has 10 heteroatoms. The third-order valence-electron chi connectivity index (χ3n) is 4.50. The van der Waals surface area contributed by atoms with Crippen molar-refractivity contribution in [2.45, 2.75) is 6.42 Å². The molecule has 126 valence electrons. The molecule has 1 aliphatic heterocycles. The third-order valence-corrected chi connectivity index (χ3v) is 4.50. The summed E-state index contributed by atoms with van der Waals surface area (Å²) in [7, 11) is 0. The molecule has 4 aromatic rings. The predicted octanol–water partition coefficient (Wildman–Crippen LogP) is 0.507. The van der Waals surface area contributed by atoms with E-state index in [9.17, 15) is 0 Å². The highest BCUT2D eigenvalue weighted by Gasteiger charge is 2.21. The minimum atomic E-state index is 0.695. The van der Waals surface area contributed by atoms with Crippen LogP contribution in [0.4, 0.5) is 11.6 Å². The third kappa shape index (κ3) is 2.33. The molecule has 1 fully saturated rings. The van der Waals surface area contributed by atoms with Crippen molar-refractivity contribution < 1.29 is 0 Å². The first kappa shape index (κ1) is 14.1. The second kappa shape index (κ2) is 5.65. The summed E-state index contributed by atoms with van der Waals surface area (Å²) in [6.45, 7) is 3.49. The van der Waals surface area contributed by atoms with E-state index in [-0.39, 0.29) is 0 Å². The van der Waals surface area contributed by atoms with Crippen LogP contribution in [-0.2, 0) is 0 Å². The van der Waals surface area contributed by atoms with Gasteiger partial charge in [0, 0.05) is 38.6 Å². The zero-order chi connectivity index (χ0) is 16.6. The Morgan fingerprint density at radius 1 is 0.920 bits per heavy atom. The molecule has 0 aliphatic carbocycles. The predicted molar refractivity (Wildman–Crippen MR) is 91.5 cm³/mol. The van der Waals surface area contributed by atoms with Crippen molar-refractivity contribution >= 4 is 28.4 Å². The van der Waals surface area contributed by atoms with Gasteiger partial charge in [-0.2, -0.15) is 0 Å². The molecule has 25 heavy (non-hydrogen) atoms. The lowest BCUT2D eigenvalue weighted by atomic mass is 10.3. The van der Waals surface area contributed by atoms with Crippen molar-refractivity contribution in [1.29, 1.82) is 0 Å². The zero-order valence-electron chi connectivity index (χ0n) is 13.4. The quantitative estimate of drug-likeness (QED) is 0.564. The average Bonchev–Trinajstić information content (AvgIpc) is 3.25. The summed E-state index contributed by atoms with van der Waals surface area (Å²) in [6.07, 6.45) is 9.56. The van der Waals surface area contributed by atoms with E-state index in [1.807, 2.05) is 10.6 Å². The molecular weight excluding hydrogens is 320 g/mol. The molecule has 0 amide bonds. The van der Waals surface area contributed by atoms with Gasteiger partial charge in [-0.05, 0) is 6.42 Å². The fourth-order valence-corrected chi connectivity index (χ4v) is 3.30. The van der Waals surface area contributed by atoms with Gasteiger partial charge in [-0.1, -0.05) is 0 Å². The lowest BCUT2D eigenvalue weighted by Gasteiger charge is -2.23. The van der Waals surface area contributed by atoms with E-state index in [4.69, 9.17) is 0 Å². The molecule has 0 unspecified atom stereocenters. The van der Waals surface area contributed by atoms with Crippen LogP contribution in [-0.4, -0.2) is 65.7 Å². The van der Waals surface area contributed by atoms with Gasteiger partial charge in [-0.15, -0.1) is 10.2 Å². The summed E-state index contributed by atoms with van der Waals surface area (Å²) in [6, 6.07) is 0. The van der Waals surface area contributed by atoms with E-state index in [1.165, 1.54) is 0 Å². The Kier molecular flexibility index (Phi) is 3.18. The largest absolute Gasteiger partial charge is 0.353 e. The molecule has 0 radical (unpaired) electrons. The summed E-state index contributed by atoms with van der Waals surface area (Å²) in [5.74, 6) is 1.77. The second-order valence-corrected chi connectivity index (χ2v) is 5.94. The van der Waals surface area contributed by atoms with Crippen molar-refractivity contribution in [3.8, 4) is 0 Å². The Morgan fingerprint density at radius 2 is 1.80 bits per heavy atom. The Hall–Kier alpha value is -3.30. The van der Waals surface area contributed by atoms with Gasteiger partial charge in [0.1, 0.15) is 18.2 Å². The van der Waals surface area contributed by atoms with Gasteiger partial charge in [-0.25, -0.2) is 19.9 Å². The molecule has 4 aromatic heterocycles. The van der Waals surface area contributed by atoms with Gasteiger partial charge < -0.3 is 14.8 Å². The van der Waals surface area contributed by atoms with E-state index in [0.29, 0.717) is 5.65 Å². The molecular formula is C15H16N10. The van der Waals surface area contributed by atoms with E-state index in [1.54, 1.807) is 25.2 Å². The average molecular weight is 336 g/mol. The van der Waals surface area contributed by atoms with Crippen molar-refractivity contribution in [2.24, 2.45) is 0 Å². The summed E-state index contributed by atoms with van der Waals surface area (Å²) in [5.41, 5.74) is 2.36. The molecule has 10 nitrogen and oxygen atoms in total. The van der Waals surface area contributed by atoms with Crippen molar-refractivity contribution in [1.82, 2.24) is 39.5 Å². The lowest BCUT2D eigenvalue weighted by molar-refractivity contribution is 0.794. The van der Waals surface area contributed by atoms with Crippen molar-refractivity contribution in [3.05, 3.63) is 31.4 Å². The molecule has 5 heterocycles. The van der Waals surface area contributed by atoms with E-state index < -0.39 is 0 Å². The number of fused-ring (bicyclic) bond motifs is 2. The number of hydrogen-bond donors (Lipinski definition) is 1. The number of imidazole rings is 1. The van der Waals surface area contributed by atoms with Gasteiger partial charge >= 0.3 is 0 Å². The number of hydrogen-bond acceptors (Lipinski definition) is 8. The maximum absolute atomic E-state index is 4.53. The molecule has 1 aliphatic rings. The lowest BCUT2D eigenvalue weighted by Crippen LogP contribution is -2.32. The smallest absolute Gasteiger partial charge is 0.203 e.